The van der Waals surface area contributed by atoms with Crippen LogP contribution in [0.1, 0.15) is 26.7 Å². The molecule has 1 radical (unpaired) electrons. The lowest BCUT2D eigenvalue weighted by Crippen LogP contribution is -1.62. The van der Waals surface area contributed by atoms with Gasteiger partial charge in [0.2, 0.25) is 0 Å². The van der Waals surface area contributed by atoms with Gasteiger partial charge in [-0.2, -0.15) is 0 Å². The highest BCUT2D eigenvalue weighted by Gasteiger charge is 1.70. The van der Waals surface area contributed by atoms with Crippen molar-refractivity contribution in [3.05, 3.63) is 30.7 Å². The summed E-state index contributed by atoms with van der Waals surface area (Å²) >= 11 is 0. The van der Waals surface area contributed by atoms with Gasteiger partial charge in [-0.05, 0) is 26.2 Å². The molecule has 51 valence electrons. The van der Waals surface area contributed by atoms with Gasteiger partial charge in [-0.25, -0.2) is 0 Å². The van der Waals surface area contributed by atoms with Gasteiger partial charge >= 0.3 is 0 Å². The van der Waals surface area contributed by atoms with Gasteiger partial charge in [-0.3, -0.25) is 0 Å². The van der Waals surface area contributed by atoms with Crippen LogP contribution in [0.5, 0.6) is 0 Å². The van der Waals surface area contributed by atoms with Gasteiger partial charge in [0.15, 0.2) is 0 Å². The molecule has 0 aliphatic heterocycles. The van der Waals surface area contributed by atoms with Gasteiger partial charge < -0.3 is 0 Å². The van der Waals surface area contributed by atoms with Gasteiger partial charge in [0.1, 0.15) is 0 Å². The summed E-state index contributed by atoms with van der Waals surface area (Å²) in [6.07, 6.45) is 12.9. The van der Waals surface area contributed by atoms with Crippen LogP contribution in [-0.4, -0.2) is 0 Å². The quantitative estimate of drug-likeness (QED) is 0.504. The minimum absolute atomic E-state index is 1.07. The van der Waals surface area contributed by atoms with Crippen molar-refractivity contribution in [3.8, 4) is 0 Å². The summed E-state index contributed by atoms with van der Waals surface area (Å²) in [5.74, 6) is 0. The summed E-state index contributed by atoms with van der Waals surface area (Å²) in [6, 6.07) is 0. The predicted octanol–water partition coefficient (Wildman–Crippen LogP) is 3.12. The Kier molecular flexibility index (Phi) is 7.05. The van der Waals surface area contributed by atoms with Crippen LogP contribution in [0.25, 0.3) is 0 Å². The Hall–Kier alpha value is -0.520. The van der Waals surface area contributed by atoms with E-state index in [-0.39, 0.29) is 0 Å². The Morgan fingerprint density at radius 1 is 0.889 bits per heavy atom. The lowest BCUT2D eigenvalue weighted by Gasteiger charge is -1.81. The zero-order chi connectivity index (χ0) is 6.95. The number of unbranched alkanes of at least 4 members (excludes halogenated alkanes) is 1. The summed E-state index contributed by atoms with van der Waals surface area (Å²) in [7, 11) is 0. The van der Waals surface area contributed by atoms with Gasteiger partial charge in [0, 0.05) is 0 Å². The standard InChI is InChI=1S/C9H15/c1-3-5-7-9-8-6-4-2/h3-5,8-9H,6-7H2,1-2H3. The summed E-state index contributed by atoms with van der Waals surface area (Å²) in [5.41, 5.74) is 0. The lowest BCUT2D eigenvalue weighted by atomic mass is 10.3. The molecule has 0 aromatic heterocycles. The van der Waals surface area contributed by atoms with Gasteiger partial charge in [0.25, 0.3) is 0 Å². The molecule has 0 aromatic carbocycles. The largest absolute Gasteiger partial charge is 0.0914 e. The van der Waals surface area contributed by atoms with E-state index in [0.29, 0.717) is 0 Å². The molecule has 0 bridgehead atoms. The van der Waals surface area contributed by atoms with Crippen LogP contribution in [0, 0.1) is 6.42 Å². The molecule has 0 N–H and O–H groups in total. The number of allylic oxidation sites excluding steroid dienone is 4. The van der Waals surface area contributed by atoms with Crippen molar-refractivity contribution in [3.63, 3.8) is 0 Å². The Balaban J connectivity index is 3.04. The topological polar surface area (TPSA) is 0 Å². The Morgan fingerprint density at radius 3 is 2.11 bits per heavy atom. The molecule has 0 fully saturated rings. The third kappa shape index (κ3) is 7.48. The zero-order valence-electron chi connectivity index (χ0n) is 6.30. The van der Waals surface area contributed by atoms with Crippen molar-refractivity contribution in [2.75, 3.05) is 0 Å². The Labute approximate surface area is 58.3 Å². The van der Waals surface area contributed by atoms with Crippen molar-refractivity contribution in [2.45, 2.75) is 26.7 Å². The Morgan fingerprint density at radius 2 is 1.56 bits per heavy atom. The van der Waals surface area contributed by atoms with E-state index in [1.54, 1.807) is 0 Å². The van der Waals surface area contributed by atoms with Crippen molar-refractivity contribution >= 4 is 0 Å². The molecule has 0 saturated carbocycles. The second-order valence-corrected chi connectivity index (χ2v) is 1.92. The molecule has 9 heavy (non-hydrogen) atoms. The molecule has 0 aromatic rings. The fraction of sp³-hybridized carbons (Fsp3) is 0.444. The second-order valence-electron chi connectivity index (χ2n) is 1.92. The highest BCUT2D eigenvalue weighted by atomic mass is 13.8. The maximum absolute atomic E-state index is 2.18. The van der Waals surface area contributed by atoms with Gasteiger partial charge in [-0.1, -0.05) is 31.2 Å². The molecule has 0 aliphatic rings. The van der Waals surface area contributed by atoms with Crippen LogP contribution in [0.4, 0.5) is 0 Å². The number of rotatable bonds is 4. The predicted molar refractivity (Wildman–Crippen MR) is 43.2 cm³/mol. The van der Waals surface area contributed by atoms with Crippen molar-refractivity contribution in [1.29, 1.82) is 0 Å². The summed E-state index contributed by atoms with van der Waals surface area (Å²) in [6.45, 7) is 4.11. The molecular formula is C9H15. The van der Waals surface area contributed by atoms with E-state index < -0.39 is 0 Å². The molecule has 0 rings (SSSR count). The minimum Gasteiger partial charge on any atom is -0.0914 e. The zero-order valence-corrected chi connectivity index (χ0v) is 6.30. The summed E-state index contributed by atoms with van der Waals surface area (Å²) in [4.78, 5) is 0. The van der Waals surface area contributed by atoms with Gasteiger partial charge in [0.05, 0.1) is 0 Å². The van der Waals surface area contributed by atoms with Gasteiger partial charge in [-0.15, -0.1) is 0 Å². The first-order valence-electron chi connectivity index (χ1n) is 3.45. The van der Waals surface area contributed by atoms with E-state index in [1.807, 2.05) is 6.92 Å². The van der Waals surface area contributed by atoms with E-state index >= 15 is 0 Å². The molecule has 0 atom stereocenters. The fourth-order valence-electron chi connectivity index (χ4n) is 0.543. The lowest BCUT2D eigenvalue weighted by molar-refractivity contribution is 1.19. The maximum Gasteiger partial charge on any atom is -0.0169 e. The average Bonchev–Trinajstić information content (AvgIpc) is 1.89. The third-order valence-electron chi connectivity index (χ3n) is 1.05. The van der Waals surface area contributed by atoms with Crippen molar-refractivity contribution < 1.29 is 0 Å². The highest BCUT2D eigenvalue weighted by Crippen LogP contribution is 1.90. The van der Waals surface area contributed by atoms with Crippen molar-refractivity contribution in [1.82, 2.24) is 0 Å². The van der Waals surface area contributed by atoms with E-state index in [2.05, 4.69) is 37.6 Å². The molecule has 0 heterocycles. The van der Waals surface area contributed by atoms with Crippen LogP contribution in [-0.2, 0) is 0 Å². The van der Waals surface area contributed by atoms with Crippen LogP contribution < -0.4 is 0 Å². The van der Waals surface area contributed by atoms with E-state index in [9.17, 15) is 0 Å². The molecule has 0 aliphatic carbocycles. The second kappa shape index (κ2) is 7.48. The smallest absolute Gasteiger partial charge is 0.0169 e. The van der Waals surface area contributed by atoms with E-state index in [4.69, 9.17) is 0 Å². The van der Waals surface area contributed by atoms with Crippen LogP contribution in [0.3, 0.4) is 0 Å². The Bertz CT molecular complexity index is 88.2. The molecule has 0 amide bonds. The normalized spacial score (nSPS) is 11.8. The van der Waals surface area contributed by atoms with Crippen molar-refractivity contribution in [2.24, 2.45) is 0 Å². The van der Waals surface area contributed by atoms with Crippen LogP contribution in [0.2, 0.25) is 0 Å². The molecule has 0 nitrogen and oxygen atoms in total. The molecular weight excluding hydrogens is 108 g/mol. The highest BCUT2D eigenvalue weighted by molar-refractivity contribution is 4.92. The SMILES string of the molecule is C[CH]CC=CCC=CC. The minimum atomic E-state index is 1.07. The molecule has 0 heteroatoms. The van der Waals surface area contributed by atoms with E-state index in [0.717, 1.165) is 12.8 Å². The first-order valence-corrected chi connectivity index (χ1v) is 3.45. The molecule has 0 spiro atoms. The number of hydrogen-bond acceptors (Lipinski definition) is 0. The monoisotopic (exact) mass is 123 g/mol. The molecule has 0 saturated heterocycles. The average molecular weight is 123 g/mol. The summed E-state index contributed by atoms with van der Waals surface area (Å²) in [5, 5.41) is 0. The molecule has 0 unspecified atom stereocenters. The van der Waals surface area contributed by atoms with E-state index in [1.165, 1.54) is 0 Å². The first kappa shape index (κ1) is 8.48. The first-order chi connectivity index (χ1) is 4.41. The van der Waals surface area contributed by atoms with Crippen LogP contribution >= 0.6 is 0 Å². The third-order valence-corrected chi connectivity index (χ3v) is 1.05. The summed E-state index contributed by atoms with van der Waals surface area (Å²) < 4.78 is 0. The maximum atomic E-state index is 2.18. The van der Waals surface area contributed by atoms with Crippen LogP contribution in [0.15, 0.2) is 24.3 Å². The fourth-order valence-corrected chi connectivity index (χ4v) is 0.543. The number of hydrogen-bond donors (Lipinski definition) is 0.